The first-order valence-electron chi connectivity index (χ1n) is 11.1. The van der Waals surface area contributed by atoms with E-state index in [-0.39, 0.29) is 24.9 Å². The third kappa shape index (κ3) is 7.54. The highest BCUT2D eigenvalue weighted by atomic mass is 16.6. The lowest BCUT2D eigenvalue weighted by molar-refractivity contribution is -0.163. The number of nitrogens with one attached hydrogen (secondary N) is 1. The summed E-state index contributed by atoms with van der Waals surface area (Å²) in [6.07, 6.45) is 0.670. The highest BCUT2D eigenvalue weighted by Crippen LogP contribution is 2.20. The van der Waals surface area contributed by atoms with Crippen LogP contribution in [0.2, 0.25) is 0 Å². The van der Waals surface area contributed by atoms with E-state index in [0.717, 1.165) is 6.42 Å². The van der Waals surface area contributed by atoms with Crippen LogP contribution in [0.15, 0.2) is 30.3 Å². The quantitative estimate of drug-likeness (QED) is 0.505. The van der Waals surface area contributed by atoms with Gasteiger partial charge >= 0.3 is 12.1 Å². The lowest BCUT2D eigenvalue weighted by Crippen LogP contribution is -2.60. The van der Waals surface area contributed by atoms with Gasteiger partial charge in [-0.15, -0.1) is 0 Å². The zero-order valence-corrected chi connectivity index (χ0v) is 19.7. The lowest BCUT2D eigenvalue weighted by atomic mass is 10.0. The fourth-order valence-corrected chi connectivity index (χ4v) is 3.78. The van der Waals surface area contributed by atoms with Gasteiger partial charge in [0, 0.05) is 14.1 Å². The number of hydrazine groups is 1. The number of carboxylic acids is 1. The van der Waals surface area contributed by atoms with Crippen molar-refractivity contribution in [3.63, 3.8) is 0 Å². The number of rotatable bonds is 10. The van der Waals surface area contributed by atoms with Crippen molar-refractivity contribution < 1.29 is 29.0 Å². The number of amides is 3. The Morgan fingerprint density at radius 1 is 1.15 bits per heavy atom. The number of imide groups is 1. The molecule has 10 heteroatoms. The number of aliphatic carboxylic acids is 1. The van der Waals surface area contributed by atoms with Gasteiger partial charge in [-0.3, -0.25) is 19.4 Å². The summed E-state index contributed by atoms with van der Waals surface area (Å²) in [6, 6.07) is 7.37. The Morgan fingerprint density at radius 2 is 1.82 bits per heavy atom. The minimum absolute atomic E-state index is 0.00208. The second kappa shape index (κ2) is 12.3. The third-order valence-electron chi connectivity index (χ3n) is 5.28. The molecule has 0 saturated carbocycles. The Balaban J connectivity index is 2.30. The van der Waals surface area contributed by atoms with E-state index in [1.54, 1.807) is 38.4 Å². The molecule has 0 bridgehead atoms. The van der Waals surface area contributed by atoms with Crippen LogP contribution < -0.4 is 5.32 Å². The first-order valence-corrected chi connectivity index (χ1v) is 11.1. The standard InChI is InChI=1S/C23H34N4O6/c1-16(2)13-19(27(25(3)4)21(30)18-11-8-12-24-18)22(31)26(14-20(28)29)23(32)33-15-17-9-6-5-7-10-17/h5-7,9-10,16,18-19,24H,8,11-15H2,1-4H3,(H,28,29)/t18-,19-/m0/s1. The van der Waals surface area contributed by atoms with Crippen LogP contribution in [0.1, 0.15) is 38.7 Å². The largest absolute Gasteiger partial charge is 0.480 e. The van der Waals surface area contributed by atoms with Gasteiger partial charge in [0.15, 0.2) is 0 Å². The Bertz CT molecular complexity index is 824. The fourth-order valence-electron chi connectivity index (χ4n) is 3.78. The topological polar surface area (TPSA) is 119 Å². The molecule has 33 heavy (non-hydrogen) atoms. The van der Waals surface area contributed by atoms with Crippen LogP contribution in [0.5, 0.6) is 0 Å². The van der Waals surface area contributed by atoms with Gasteiger partial charge in [-0.05, 0) is 37.3 Å². The molecule has 1 fully saturated rings. The van der Waals surface area contributed by atoms with Crippen molar-refractivity contribution in [1.29, 1.82) is 0 Å². The summed E-state index contributed by atoms with van der Waals surface area (Å²) in [5.74, 6) is -2.44. The summed E-state index contributed by atoms with van der Waals surface area (Å²) >= 11 is 0. The maximum atomic E-state index is 13.6. The monoisotopic (exact) mass is 462 g/mol. The molecule has 1 aromatic rings. The number of nitrogens with zero attached hydrogens (tertiary/aromatic N) is 3. The zero-order valence-electron chi connectivity index (χ0n) is 19.7. The lowest BCUT2D eigenvalue weighted by Gasteiger charge is -2.39. The van der Waals surface area contributed by atoms with Crippen LogP contribution in [0.4, 0.5) is 4.79 Å². The molecule has 2 N–H and O–H groups in total. The summed E-state index contributed by atoms with van der Waals surface area (Å²) in [6.45, 7) is 3.51. The zero-order chi connectivity index (χ0) is 24.5. The Labute approximate surface area is 194 Å². The van der Waals surface area contributed by atoms with Gasteiger partial charge in [-0.25, -0.2) is 14.7 Å². The van der Waals surface area contributed by atoms with Crippen molar-refractivity contribution in [1.82, 2.24) is 20.2 Å². The van der Waals surface area contributed by atoms with Crippen molar-refractivity contribution in [2.75, 3.05) is 27.2 Å². The van der Waals surface area contributed by atoms with E-state index in [1.165, 1.54) is 10.0 Å². The molecule has 1 aliphatic heterocycles. The van der Waals surface area contributed by atoms with Crippen molar-refractivity contribution in [2.45, 2.75) is 51.8 Å². The average molecular weight is 463 g/mol. The number of carboxylic acid groups (broad SMARTS) is 1. The van der Waals surface area contributed by atoms with Crippen molar-refractivity contribution in [3.8, 4) is 0 Å². The highest BCUT2D eigenvalue weighted by Gasteiger charge is 2.41. The molecule has 1 aliphatic rings. The van der Waals surface area contributed by atoms with Gasteiger partial charge in [0.05, 0.1) is 6.04 Å². The highest BCUT2D eigenvalue weighted by molar-refractivity contribution is 5.99. The summed E-state index contributed by atoms with van der Waals surface area (Å²) in [5.41, 5.74) is 0.699. The minimum Gasteiger partial charge on any atom is -0.480 e. The second-order valence-corrected chi connectivity index (χ2v) is 8.68. The van der Waals surface area contributed by atoms with Crippen LogP contribution in [0.25, 0.3) is 0 Å². The molecule has 1 saturated heterocycles. The molecule has 0 spiro atoms. The van der Waals surface area contributed by atoms with E-state index in [4.69, 9.17) is 4.74 Å². The van der Waals surface area contributed by atoms with E-state index < -0.39 is 36.6 Å². The first kappa shape index (κ1) is 26.3. The number of ether oxygens (including phenoxy) is 1. The number of carbonyl (C=O) groups is 4. The van der Waals surface area contributed by atoms with E-state index in [2.05, 4.69) is 5.32 Å². The number of hydrogen-bond acceptors (Lipinski definition) is 7. The van der Waals surface area contributed by atoms with Crippen molar-refractivity contribution >= 4 is 23.9 Å². The van der Waals surface area contributed by atoms with E-state index in [0.29, 0.717) is 23.4 Å². The molecule has 2 rings (SSSR count). The van der Waals surface area contributed by atoms with E-state index in [1.807, 2.05) is 19.9 Å². The second-order valence-electron chi connectivity index (χ2n) is 8.68. The molecule has 0 aliphatic carbocycles. The summed E-state index contributed by atoms with van der Waals surface area (Å²) in [4.78, 5) is 51.7. The van der Waals surface area contributed by atoms with Crippen LogP contribution in [0, 0.1) is 5.92 Å². The van der Waals surface area contributed by atoms with Crippen LogP contribution in [-0.2, 0) is 25.7 Å². The minimum atomic E-state index is -1.36. The Morgan fingerprint density at radius 3 is 2.33 bits per heavy atom. The summed E-state index contributed by atoms with van der Waals surface area (Å²) in [7, 11) is 3.28. The van der Waals surface area contributed by atoms with Crippen molar-refractivity contribution in [3.05, 3.63) is 35.9 Å². The molecule has 1 heterocycles. The Kier molecular flexibility index (Phi) is 9.80. The van der Waals surface area contributed by atoms with Gasteiger partial charge in [0.1, 0.15) is 19.2 Å². The number of carbonyl (C=O) groups excluding carboxylic acids is 3. The number of benzene rings is 1. The molecule has 182 valence electrons. The average Bonchev–Trinajstić information content (AvgIpc) is 3.30. The van der Waals surface area contributed by atoms with Crippen LogP contribution >= 0.6 is 0 Å². The number of hydrogen-bond donors (Lipinski definition) is 2. The normalized spacial score (nSPS) is 16.5. The molecule has 1 aromatic carbocycles. The molecule has 0 radical (unpaired) electrons. The third-order valence-corrected chi connectivity index (χ3v) is 5.28. The van der Waals surface area contributed by atoms with Crippen LogP contribution in [0.3, 0.4) is 0 Å². The van der Waals surface area contributed by atoms with Gasteiger partial charge in [-0.2, -0.15) is 0 Å². The molecule has 2 atom stereocenters. The fraction of sp³-hybridized carbons (Fsp3) is 0.565. The predicted molar refractivity (Wildman–Crippen MR) is 121 cm³/mol. The van der Waals surface area contributed by atoms with Gasteiger partial charge in [-0.1, -0.05) is 44.2 Å². The van der Waals surface area contributed by atoms with E-state index >= 15 is 0 Å². The van der Waals surface area contributed by atoms with Gasteiger partial charge in [0.25, 0.3) is 11.8 Å². The Hall–Kier alpha value is -2.98. The SMILES string of the molecule is CC(C)C[C@@H](C(=O)N(CC(=O)O)C(=O)OCc1ccccc1)N(C(=O)[C@@H]1CCCN1)N(C)C. The molecule has 0 unspecified atom stereocenters. The summed E-state index contributed by atoms with van der Waals surface area (Å²) < 4.78 is 5.24. The van der Waals surface area contributed by atoms with Gasteiger partial charge < -0.3 is 15.2 Å². The predicted octanol–water partition coefficient (Wildman–Crippen LogP) is 1.71. The maximum Gasteiger partial charge on any atom is 0.417 e. The van der Waals surface area contributed by atoms with Crippen molar-refractivity contribution in [2.24, 2.45) is 5.92 Å². The smallest absolute Gasteiger partial charge is 0.417 e. The molecule has 10 nitrogen and oxygen atoms in total. The maximum absolute atomic E-state index is 13.6. The molecule has 0 aromatic heterocycles. The van der Waals surface area contributed by atoms with Crippen LogP contribution in [-0.4, -0.2) is 83.2 Å². The molecule has 3 amide bonds. The molecular formula is C23H34N4O6. The summed E-state index contributed by atoms with van der Waals surface area (Å²) in [5, 5.41) is 15.3. The first-order chi connectivity index (χ1) is 15.6. The van der Waals surface area contributed by atoms with E-state index in [9.17, 15) is 24.3 Å². The van der Waals surface area contributed by atoms with Gasteiger partial charge in [0.2, 0.25) is 0 Å². The molecular weight excluding hydrogens is 428 g/mol.